The van der Waals surface area contributed by atoms with Gasteiger partial charge in [-0.05, 0) is 12.8 Å². The zero-order valence-corrected chi connectivity index (χ0v) is 5.63. The number of hydrogen-bond donors (Lipinski definition) is 2. The van der Waals surface area contributed by atoms with Crippen molar-refractivity contribution in [3.05, 3.63) is 0 Å². The molecular weight excluding hydrogens is 132 g/mol. The fraction of sp³-hybridized carbons (Fsp3) is 0.667. The largest absolute Gasteiger partial charge is 0.475 e. The number of nitrogens with one attached hydrogen (secondary N) is 1. The zero-order chi connectivity index (χ0) is 7.40. The van der Waals surface area contributed by atoms with Crippen LogP contribution in [0.25, 0.3) is 0 Å². The summed E-state index contributed by atoms with van der Waals surface area (Å²) in [4.78, 5) is 14.1. The summed E-state index contributed by atoms with van der Waals surface area (Å²) in [6.07, 6.45) is 1.98. The second-order valence-electron chi connectivity index (χ2n) is 2.17. The van der Waals surface area contributed by atoms with Gasteiger partial charge in [-0.3, -0.25) is 4.99 Å². The molecule has 0 saturated carbocycles. The summed E-state index contributed by atoms with van der Waals surface area (Å²) in [6, 6.07) is 0. The number of aliphatic carboxylic acids is 1. The van der Waals surface area contributed by atoms with E-state index in [9.17, 15) is 4.79 Å². The van der Waals surface area contributed by atoms with Crippen molar-refractivity contribution in [3.63, 3.8) is 0 Å². The average Bonchev–Trinajstić information content (AvgIpc) is 2.12. The highest BCUT2D eigenvalue weighted by Crippen LogP contribution is 1.93. The van der Waals surface area contributed by atoms with E-state index in [-0.39, 0.29) is 5.84 Å². The van der Waals surface area contributed by atoms with E-state index < -0.39 is 5.97 Å². The maximum absolute atomic E-state index is 10.3. The van der Waals surface area contributed by atoms with E-state index in [2.05, 4.69) is 10.3 Å². The van der Waals surface area contributed by atoms with Gasteiger partial charge in [0, 0.05) is 13.1 Å². The van der Waals surface area contributed by atoms with Crippen molar-refractivity contribution in [1.82, 2.24) is 5.32 Å². The standard InChI is InChI=1S/C6H10N2O2/c9-6(10)5-7-3-1-2-4-8-5/h1-4H2,(H,7,8)(H,9,10). The third kappa shape index (κ3) is 1.72. The molecule has 0 spiro atoms. The maximum atomic E-state index is 10.3. The van der Waals surface area contributed by atoms with E-state index in [4.69, 9.17) is 5.11 Å². The number of carboxylic acids is 1. The Labute approximate surface area is 59.0 Å². The van der Waals surface area contributed by atoms with Crippen molar-refractivity contribution >= 4 is 11.8 Å². The lowest BCUT2D eigenvalue weighted by Gasteiger charge is -1.98. The predicted molar refractivity (Wildman–Crippen MR) is 37.2 cm³/mol. The molecule has 1 aliphatic rings. The number of hydrogen-bond acceptors (Lipinski definition) is 3. The lowest BCUT2D eigenvalue weighted by molar-refractivity contribution is -0.129. The first-order valence-corrected chi connectivity index (χ1v) is 3.32. The SMILES string of the molecule is O=C(O)C1=NCCCCN1. The number of nitrogens with zero attached hydrogens (tertiary/aromatic N) is 1. The van der Waals surface area contributed by atoms with Crippen LogP contribution in [0.3, 0.4) is 0 Å². The van der Waals surface area contributed by atoms with Crippen LogP contribution in [0.15, 0.2) is 4.99 Å². The maximum Gasteiger partial charge on any atom is 0.371 e. The molecule has 0 aromatic heterocycles. The van der Waals surface area contributed by atoms with Gasteiger partial charge in [-0.1, -0.05) is 0 Å². The van der Waals surface area contributed by atoms with Crippen molar-refractivity contribution < 1.29 is 9.90 Å². The number of aliphatic imine (C=N–C) groups is 1. The first-order valence-electron chi connectivity index (χ1n) is 3.32. The quantitative estimate of drug-likeness (QED) is 0.535. The Kier molecular flexibility index (Phi) is 2.25. The van der Waals surface area contributed by atoms with Gasteiger partial charge >= 0.3 is 5.97 Å². The first kappa shape index (κ1) is 7.05. The number of amidine groups is 1. The molecule has 1 rings (SSSR count). The molecule has 0 bridgehead atoms. The summed E-state index contributed by atoms with van der Waals surface area (Å²) in [7, 11) is 0. The molecule has 0 atom stereocenters. The number of rotatable bonds is 1. The lowest BCUT2D eigenvalue weighted by atomic mass is 10.3. The van der Waals surface area contributed by atoms with Crippen molar-refractivity contribution in [3.8, 4) is 0 Å². The molecule has 1 aliphatic heterocycles. The van der Waals surface area contributed by atoms with Crippen LogP contribution in [-0.4, -0.2) is 30.0 Å². The fourth-order valence-electron chi connectivity index (χ4n) is 0.834. The van der Waals surface area contributed by atoms with Gasteiger partial charge in [0.05, 0.1) is 0 Å². The van der Waals surface area contributed by atoms with Gasteiger partial charge < -0.3 is 10.4 Å². The molecule has 0 aromatic carbocycles. The first-order chi connectivity index (χ1) is 4.80. The van der Waals surface area contributed by atoms with Crippen LogP contribution in [0.5, 0.6) is 0 Å². The van der Waals surface area contributed by atoms with Crippen LogP contribution in [0, 0.1) is 0 Å². The Bertz CT molecular complexity index is 165. The summed E-state index contributed by atoms with van der Waals surface area (Å²) in [6.45, 7) is 1.36. The van der Waals surface area contributed by atoms with Crippen LogP contribution in [0.1, 0.15) is 12.8 Å². The molecule has 0 radical (unpaired) electrons. The van der Waals surface area contributed by atoms with Crippen molar-refractivity contribution in [2.24, 2.45) is 4.99 Å². The minimum Gasteiger partial charge on any atom is -0.475 e. The predicted octanol–water partition coefficient (Wildman–Crippen LogP) is -0.147. The van der Waals surface area contributed by atoms with E-state index in [1.54, 1.807) is 0 Å². The van der Waals surface area contributed by atoms with Gasteiger partial charge in [-0.2, -0.15) is 0 Å². The number of carbonyl (C=O) groups is 1. The summed E-state index contributed by atoms with van der Waals surface area (Å²) in [5, 5.41) is 11.2. The van der Waals surface area contributed by atoms with E-state index in [1.807, 2.05) is 0 Å². The Morgan fingerprint density at radius 2 is 2.40 bits per heavy atom. The Morgan fingerprint density at radius 3 is 3.10 bits per heavy atom. The lowest BCUT2D eigenvalue weighted by Crippen LogP contribution is -2.30. The van der Waals surface area contributed by atoms with E-state index in [0.717, 1.165) is 19.4 Å². The number of carboxylic acid groups (broad SMARTS) is 1. The van der Waals surface area contributed by atoms with Gasteiger partial charge in [0.2, 0.25) is 5.84 Å². The highest BCUT2D eigenvalue weighted by atomic mass is 16.4. The Morgan fingerprint density at radius 1 is 1.60 bits per heavy atom. The van der Waals surface area contributed by atoms with E-state index >= 15 is 0 Å². The van der Waals surface area contributed by atoms with Crippen LogP contribution in [-0.2, 0) is 4.79 Å². The van der Waals surface area contributed by atoms with Crippen molar-refractivity contribution in [2.75, 3.05) is 13.1 Å². The van der Waals surface area contributed by atoms with E-state index in [0.29, 0.717) is 6.54 Å². The highest BCUT2D eigenvalue weighted by Gasteiger charge is 2.09. The third-order valence-electron chi connectivity index (χ3n) is 1.35. The molecule has 0 saturated heterocycles. The van der Waals surface area contributed by atoms with Crippen LogP contribution >= 0.6 is 0 Å². The fourth-order valence-corrected chi connectivity index (χ4v) is 0.834. The summed E-state index contributed by atoms with van der Waals surface area (Å²) >= 11 is 0. The van der Waals surface area contributed by atoms with Gasteiger partial charge in [0.25, 0.3) is 0 Å². The molecule has 10 heavy (non-hydrogen) atoms. The zero-order valence-electron chi connectivity index (χ0n) is 5.63. The van der Waals surface area contributed by atoms with Gasteiger partial charge in [0.1, 0.15) is 0 Å². The monoisotopic (exact) mass is 142 g/mol. The van der Waals surface area contributed by atoms with E-state index in [1.165, 1.54) is 0 Å². The molecule has 0 unspecified atom stereocenters. The van der Waals surface area contributed by atoms with Crippen LogP contribution in [0.4, 0.5) is 0 Å². The van der Waals surface area contributed by atoms with Crippen LogP contribution < -0.4 is 5.32 Å². The normalized spacial score (nSPS) is 18.6. The van der Waals surface area contributed by atoms with Gasteiger partial charge in [0.15, 0.2) is 0 Å². The second-order valence-corrected chi connectivity index (χ2v) is 2.17. The second kappa shape index (κ2) is 3.20. The molecule has 2 N–H and O–H groups in total. The molecule has 0 aliphatic carbocycles. The van der Waals surface area contributed by atoms with Gasteiger partial charge in [-0.25, -0.2) is 4.79 Å². The molecule has 0 fully saturated rings. The van der Waals surface area contributed by atoms with Crippen molar-refractivity contribution in [2.45, 2.75) is 12.8 Å². The topological polar surface area (TPSA) is 61.7 Å². The Balaban J connectivity index is 2.54. The highest BCUT2D eigenvalue weighted by molar-refractivity contribution is 6.34. The molecule has 4 heteroatoms. The molecule has 0 amide bonds. The van der Waals surface area contributed by atoms with Gasteiger partial charge in [-0.15, -0.1) is 0 Å². The smallest absolute Gasteiger partial charge is 0.371 e. The minimum atomic E-state index is -0.957. The molecule has 4 nitrogen and oxygen atoms in total. The average molecular weight is 142 g/mol. The summed E-state index contributed by atoms with van der Waals surface area (Å²) in [5.74, 6) is -0.848. The molecule has 0 aromatic rings. The summed E-state index contributed by atoms with van der Waals surface area (Å²) in [5.41, 5.74) is 0. The molecular formula is C6H10N2O2. The molecule has 56 valence electrons. The minimum absolute atomic E-state index is 0.109. The molecule has 1 heterocycles. The third-order valence-corrected chi connectivity index (χ3v) is 1.35. The van der Waals surface area contributed by atoms with Crippen molar-refractivity contribution in [1.29, 1.82) is 0 Å². The summed E-state index contributed by atoms with van der Waals surface area (Å²) < 4.78 is 0. The Hall–Kier alpha value is -1.06. The van der Waals surface area contributed by atoms with Crippen LogP contribution in [0.2, 0.25) is 0 Å².